The van der Waals surface area contributed by atoms with E-state index in [1.165, 1.54) is 4.52 Å². The summed E-state index contributed by atoms with van der Waals surface area (Å²) in [6, 6.07) is 1.71. The van der Waals surface area contributed by atoms with Crippen molar-refractivity contribution in [2.24, 2.45) is 5.92 Å². The van der Waals surface area contributed by atoms with Crippen molar-refractivity contribution in [3.8, 4) is 5.88 Å². The molecule has 0 bridgehead atoms. The van der Waals surface area contributed by atoms with Crippen molar-refractivity contribution in [2.75, 3.05) is 0 Å². The van der Waals surface area contributed by atoms with Crippen LogP contribution in [0.5, 0.6) is 5.88 Å². The van der Waals surface area contributed by atoms with Gasteiger partial charge in [-0.15, -0.1) is 0 Å². The van der Waals surface area contributed by atoms with Crippen molar-refractivity contribution in [1.29, 1.82) is 0 Å². The van der Waals surface area contributed by atoms with Crippen LogP contribution in [-0.2, 0) is 17.9 Å². The minimum atomic E-state index is -2.63. The van der Waals surface area contributed by atoms with Crippen molar-refractivity contribution in [3.05, 3.63) is 35.4 Å². The molecule has 11 nitrogen and oxygen atoms in total. The van der Waals surface area contributed by atoms with Crippen LogP contribution < -0.4 is 10.6 Å². The number of amides is 2. The minimum Gasteiger partial charge on any atom is -0.489 e. The Balaban J connectivity index is 1.30. The van der Waals surface area contributed by atoms with E-state index >= 15 is 0 Å². The summed E-state index contributed by atoms with van der Waals surface area (Å²) in [7, 11) is 0. The molecule has 30 heavy (non-hydrogen) atoms. The molecule has 3 aromatic rings. The fraction of sp³-hybridized carbons (Fsp3) is 0.412. The molecule has 1 aliphatic carbocycles. The smallest absolute Gasteiger partial charge is 0.286 e. The molecule has 0 aliphatic heterocycles. The Morgan fingerprint density at radius 2 is 2.07 bits per heavy atom. The largest absolute Gasteiger partial charge is 0.489 e. The normalized spacial score (nSPS) is 15.7. The zero-order valence-corrected chi connectivity index (χ0v) is 15.5. The number of rotatable bonds is 7. The Labute approximate surface area is 167 Å². The first kappa shape index (κ1) is 19.7. The maximum Gasteiger partial charge on any atom is 0.286 e. The second kappa shape index (κ2) is 7.65. The van der Waals surface area contributed by atoms with E-state index in [1.807, 2.05) is 0 Å². The number of halogens is 2. The van der Waals surface area contributed by atoms with Crippen LogP contribution in [0.2, 0.25) is 0 Å². The van der Waals surface area contributed by atoms with Gasteiger partial charge in [-0.1, -0.05) is 0 Å². The molecule has 1 fully saturated rings. The van der Waals surface area contributed by atoms with Crippen LogP contribution in [0.15, 0.2) is 23.1 Å². The van der Waals surface area contributed by atoms with Crippen molar-refractivity contribution < 1.29 is 28.1 Å². The first-order valence-corrected chi connectivity index (χ1v) is 9.06. The number of aromatic hydroxyl groups is 1. The summed E-state index contributed by atoms with van der Waals surface area (Å²) < 4.78 is 31.4. The summed E-state index contributed by atoms with van der Waals surface area (Å²) in [5.41, 5.74) is 1.35. The lowest BCUT2D eigenvalue weighted by atomic mass is 9.79. The van der Waals surface area contributed by atoms with E-state index < -0.39 is 17.7 Å². The molecular weight excluding hydrogens is 404 g/mol. The van der Waals surface area contributed by atoms with E-state index in [4.69, 9.17) is 0 Å². The van der Waals surface area contributed by atoms with Crippen molar-refractivity contribution in [2.45, 2.75) is 38.3 Å². The molecule has 13 heteroatoms. The molecule has 0 saturated heterocycles. The SMILES string of the molecule is O=C(CC1CC(F)(F)C1)NCc1cnn2cc(CNC(=O)c3nonc3O)nc2c1. The molecule has 3 aromatic heterocycles. The Morgan fingerprint density at radius 3 is 2.77 bits per heavy atom. The van der Waals surface area contributed by atoms with Crippen LogP contribution in [0.1, 0.15) is 41.0 Å². The Kier molecular flexibility index (Phi) is 5.01. The van der Waals surface area contributed by atoms with Gasteiger partial charge < -0.3 is 15.7 Å². The molecule has 0 spiro atoms. The average molecular weight is 421 g/mol. The first-order chi connectivity index (χ1) is 14.3. The third-order valence-electron chi connectivity index (χ3n) is 4.68. The van der Waals surface area contributed by atoms with Gasteiger partial charge in [0.2, 0.25) is 17.5 Å². The molecule has 1 aliphatic rings. The fourth-order valence-corrected chi connectivity index (χ4v) is 3.19. The highest BCUT2D eigenvalue weighted by Crippen LogP contribution is 2.43. The molecule has 0 aromatic carbocycles. The molecule has 1 saturated carbocycles. The quantitative estimate of drug-likeness (QED) is 0.507. The van der Waals surface area contributed by atoms with E-state index in [1.54, 1.807) is 18.5 Å². The van der Waals surface area contributed by atoms with Gasteiger partial charge in [0.1, 0.15) is 0 Å². The van der Waals surface area contributed by atoms with Gasteiger partial charge in [-0.3, -0.25) is 9.59 Å². The van der Waals surface area contributed by atoms with Gasteiger partial charge in [0.15, 0.2) is 5.65 Å². The molecule has 2 amide bonds. The van der Waals surface area contributed by atoms with E-state index in [0.29, 0.717) is 16.9 Å². The number of imidazole rings is 1. The number of hydrogen-bond acceptors (Lipinski definition) is 8. The standard InChI is InChI=1S/C17H17F2N7O4/c18-17(19)3-9(4-17)2-13(27)20-5-10-1-12-23-11(8-26(12)22-6-10)7-21-15(28)14-16(29)25-30-24-14/h1,6,8-9H,2-5,7H2,(H,20,27)(H,21,28)(H,25,29). The van der Waals surface area contributed by atoms with Gasteiger partial charge in [-0.25, -0.2) is 22.9 Å². The Hall–Kier alpha value is -3.64. The van der Waals surface area contributed by atoms with Crippen LogP contribution in [0, 0.1) is 5.92 Å². The summed E-state index contributed by atoms with van der Waals surface area (Å²) in [5, 5.41) is 25.1. The Morgan fingerprint density at radius 1 is 1.27 bits per heavy atom. The molecule has 3 heterocycles. The lowest BCUT2D eigenvalue weighted by molar-refractivity contribution is -0.133. The number of fused-ring (bicyclic) bond motifs is 1. The average Bonchev–Trinajstić information content (AvgIpc) is 3.28. The predicted octanol–water partition coefficient (Wildman–Crippen LogP) is 0.799. The number of hydrogen-bond donors (Lipinski definition) is 3. The van der Waals surface area contributed by atoms with Crippen LogP contribution in [0.4, 0.5) is 8.78 Å². The number of nitrogens with one attached hydrogen (secondary N) is 2. The first-order valence-electron chi connectivity index (χ1n) is 9.06. The van der Waals surface area contributed by atoms with Crippen LogP contribution in [0.3, 0.4) is 0 Å². The summed E-state index contributed by atoms with van der Waals surface area (Å²) >= 11 is 0. The molecule has 0 atom stereocenters. The maximum absolute atomic E-state index is 12.8. The Bertz CT molecular complexity index is 1090. The summed E-state index contributed by atoms with van der Waals surface area (Å²) in [5.74, 6) is -4.48. The zero-order valence-electron chi connectivity index (χ0n) is 15.5. The summed E-state index contributed by atoms with van der Waals surface area (Å²) in [6.07, 6.45) is 2.75. The lowest BCUT2D eigenvalue weighted by Crippen LogP contribution is -2.38. The monoisotopic (exact) mass is 421 g/mol. The highest BCUT2D eigenvalue weighted by molar-refractivity contribution is 5.93. The van der Waals surface area contributed by atoms with Crippen molar-refractivity contribution in [1.82, 2.24) is 35.5 Å². The van der Waals surface area contributed by atoms with E-state index in [9.17, 15) is 23.5 Å². The van der Waals surface area contributed by atoms with Crippen LogP contribution in [0.25, 0.3) is 5.65 Å². The van der Waals surface area contributed by atoms with Gasteiger partial charge in [-0.05, 0) is 27.9 Å². The lowest BCUT2D eigenvalue weighted by Gasteiger charge is -2.34. The number of alkyl halides is 2. The molecule has 0 unspecified atom stereocenters. The summed E-state index contributed by atoms with van der Waals surface area (Å²) in [6.45, 7) is 0.245. The summed E-state index contributed by atoms with van der Waals surface area (Å²) in [4.78, 5) is 28.1. The van der Waals surface area contributed by atoms with E-state index in [-0.39, 0.29) is 49.9 Å². The molecule has 0 radical (unpaired) electrons. The van der Waals surface area contributed by atoms with Crippen LogP contribution >= 0.6 is 0 Å². The van der Waals surface area contributed by atoms with Crippen molar-refractivity contribution >= 4 is 17.5 Å². The predicted molar refractivity (Wildman–Crippen MR) is 94.3 cm³/mol. The molecular formula is C17H17F2N7O4. The molecule has 4 rings (SSSR count). The van der Waals surface area contributed by atoms with Gasteiger partial charge in [0.05, 0.1) is 24.6 Å². The topological polar surface area (TPSA) is 148 Å². The highest BCUT2D eigenvalue weighted by Gasteiger charge is 2.45. The van der Waals surface area contributed by atoms with Gasteiger partial charge in [-0.2, -0.15) is 5.10 Å². The van der Waals surface area contributed by atoms with E-state index in [2.05, 4.69) is 35.7 Å². The highest BCUT2D eigenvalue weighted by atomic mass is 19.3. The zero-order chi connectivity index (χ0) is 21.3. The molecule has 158 valence electrons. The van der Waals surface area contributed by atoms with E-state index in [0.717, 1.165) is 0 Å². The van der Waals surface area contributed by atoms with Gasteiger partial charge >= 0.3 is 0 Å². The molecule has 3 N–H and O–H groups in total. The maximum atomic E-state index is 12.8. The van der Waals surface area contributed by atoms with Crippen molar-refractivity contribution in [3.63, 3.8) is 0 Å². The minimum absolute atomic E-state index is 0.0482. The number of carbonyl (C=O) groups excluding carboxylic acids is 2. The second-order valence-corrected chi connectivity index (χ2v) is 7.13. The van der Waals surface area contributed by atoms with Crippen LogP contribution in [-0.4, -0.2) is 47.8 Å². The van der Waals surface area contributed by atoms with Gasteiger partial charge in [0.25, 0.3) is 11.8 Å². The second-order valence-electron chi connectivity index (χ2n) is 7.13. The number of aromatic nitrogens is 5. The number of nitrogens with zero attached hydrogens (tertiary/aromatic N) is 5. The fourth-order valence-electron chi connectivity index (χ4n) is 3.19. The van der Waals surface area contributed by atoms with Gasteiger partial charge in [0, 0.05) is 25.8 Å². The third kappa shape index (κ3) is 4.34. The third-order valence-corrected chi connectivity index (χ3v) is 4.68. The number of carbonyl (C=O) groups is 2.